The third-order valence-corrected chi connectivity index (χ3v) is 3.43. The molecule has 1 fully saturated rings. The molecule has 5 heteroatoms. The van der Waals surface area contributed by atoms with E-state index in [1.165, 1.54) is 11.3 Å². The smallest absolute Gasteiger partial charge is 0.264 e. The van der Waals surface area contributed by atoms with Gasteiger partial charge in [0.15, 0.2) is 0 Å². The second-order valence-electron chi connectivity index (χ2n) is 3.65. The minimum atomic E-state index is 0.0660. The van der Waals surface area contributed by atoms with Crippen molar-refractivity contribution in [2.24, 2.45) is 5.73 Å². The summed E-state index contributed by atoms with van der Waals surface area (Å²) < 4.78 is 5.04. The largest absolute Gasteiger partial charge is 0.496 e. The van der Waals surface area contributed by atoms with Gasteiger partial charge in [-0.25, -0.2) is 0 Å². The van der Waals surface area contributed by atoms with E-state index < -0.39 is 0 Å². The maximum atomic E-state index is 11.9. The molecule has 4 nitrogen and oxygen atoms in total. The zero-order valence-corrected chi connectivity index (χ0v) is 9.42. The molecule has 0 radical (unpaired) electrons. The minimum absolute atomic E-state index is 0.0660. The molecule has 0 bridgehead atoms. The lowest BCUT2D eigenvalue weighted by molar-refractivity contribution is 0.0795. The van der Waals surface area contributed by atoms with Crippen LogP contribution in [0.4, 0.5) is 0 Å². The molecular formula is C10H14N2O2S. The van der Waals surface area contributed by atoms with Crippen LogP contribution in [0.1, 0.15) is 16.1 Å². The molecule has 82 valence electrons. The lowest BCUT2D eigenvalue weighted by Crippen LogP contribution is -2.31. The summed E-state index contributed by atoms with van der Waals surface area (Å²) in [6, 6.07) is 1.91. The van der Waals surface area contributed by atoms with Crippen LogP contribution in [0, 0.1) is 0 Å². The molecule has 2 heterocycles. The van der Waals surface area contributed by atoms with E-state index in [1.807, 2.05) is 5.38 Å². The average Bonchev–Trinajstić information content (AvgIpc) is 2.84. The Hall–Kier alpha value is -1.07. The van der Waals surface area contributed by atoms with Crippen LogP contribution in [0.25, 0.3) is 0 Å². The van der Waals surface area contributed by atoms with Crippen LogP contribution in [-0.2, 0) is 0 Å². The summed E-state index contributed by atoms with van der Waals surface area (Å²) in [4.78, 5) is 14.5. The molecule has 1 amide bonds. The number of ether oxygens (including phenoxy) is 1. The first-order valence-electron chi connectivity index (χ1n) is 4.88. The average molecular weight is 226 g/mol. The van der Waals surface area contributed by atoms with Crippen molar-refractivity contribution in [1.29, 1.82) is 0 Å². The summed E-state index contributed by atoms with van der Waals surface area (Å²) in [5, 5.41) is 1.84. The highest BCUT2D eigenvalue weighted by molar-refractivity contribution is 7.12. The Morgan fingerprint density at radius 1 is 1.73 bits per heavy atom. The standard InChI is InChI=1S/C10H14N2O2S/c1-14-8-4-9(15-6-8)10(13)12-3-2-7(11)5-12/h4,6-7H,2-3,5,11H2,1H3/t7-/m0/s1. The van der Waals surface area contributed by atoms with Gasteiger partial charge in [0.2, 0.25) is 0 Å². The van der Waals surface area contributed by atoms with E-state index in [9.17, 15) is 4.79 Å². The molecule has 1 saturated heterocycles. The number of carbonyl (C=O) groups is 1. The predicted molar refractivity (Wildman–Crippen MR) is 59.4 cm³/mol. The Labute approximate surface area is 92.6 Å². The van der Waals surface area contributed by atoms with Gasteiger partial charge in [-0.15, -0.1) is 11.3 Å². The van der Waals surface area contributed by atoms with Crippen molar-refractivity contribution in [3.63, 3.8) is 0 Å². The quantitative estimate of drug-likeness (QED) is 0.816. The van der Waals surface area contributed by atoms with Crippen molar-refractivity contribution >= 4 is 17.2 Å². The molecule has 2 N–H and O–H groups in total. The van der Waals surface area contributed by atoms with Gasteiger partial charge in [-0.05, 0) is 6.42 Å². The maximum absolute atomic E-state index is 11.9. The summed E-state index contributed by atoms with van der Waals surface area (Å²) in [5.41, 5.74) is 5.76. The molecule has 0 saturated carbocycles. The van der Waals surface area contributed by atoms with E-state index in [4.69, 9.17) is 10.5 Å². The topological polar surface area (TPSA) is 55.6 Å². The van der Waals surface area contributed by atoms with Crippen molar-refractivity contribution in [1.82, 2.24) is 4.90 Å². The number of hydrogen-bond donors (Lipinski definition) is 1. The second kappa shape index (κ2) is 4.20. The summed E-state index contributed by atoms with van der Waals surface area (Å²) in [5.74, 6) is 0.808. The highest BCUT2D eigenvalue weighted by Crippen LogP contribution is 2.23. The molecule has 0 spiro atoms. The predicted octanol–water partition coefficient (Wildman–Crippen LogP) is 0.930. The van der Waals surface area contributed by atoms with Crippen molar-refractivity contribution < 1.29 is 9.53 Å². The number of nitrogens with zero attached hydrogens (tertiary/aromatic N) is 1. The van der Waals surface area contributed by atoms with Gasteiger partial charge in [-0.1, -0.05) is 0 Å². The Morgan fingerprint density at radius 2 is 2.53 bits per heavy atom. The van der Waals surface area contributed by atoms with E-state index in [0.717, 1.165) is 23.6 Å². The number of methoxy groups -OCH3 is 1. The molecule has 0 unspecified atom stereocenters. The number of carbonyl (C=O) groups excluding carboxylic acids is 1. The fraction of sp³-hybridized carbons (Fsp3) is 0.500. The van der Waals surface area contributed by atoms with Gasteiger partial charge in [-0.2, -0.15) is 0 Å². The summed E-state index contributed by atoms with van der Waals surface area (Å²) in [6.07, 6.45) is 0.897. The van der Waals surface area contributed by atoms with Gasteiger partial charge in [0.1, 0.15) is 5.75 Å². The van der Waals surface area contributed by atoms with Gasteiger partial charge in [0.05, 0.1) is 12.0 Å². The molecule has 0 aromatic carbocycles. The molecule has 1 aromatic rings. The third kappa shape index (κ3) is 2.13. The normalized spacial score (nSPS) is 20.7. The maximum Gasteiger partial charge on any atom is 0.264 e. The highest BCUT2D eigenvalue weighted by Gasteiger charge is 2.25. The number of thiophene rings is 1. The van der Waals surface area contributed by atoms with Crippen molar-refractivity contribution in [3.8, 4) is 5.75 Å². The van der Waals surface area contributed by atoms with Crippen LogP contribution in [0.5, 0.6) is 5.75 Å². The van der Waals surface area contributed by atoms with Crippen LogP contribution >= 0.6 is 11.3 Å². The monoisotopic (exact) mass is 226 g/mol. The first-order chi connectivity index (χ1) is 7.20. The minimum Gasteiger partial charge on any atom is -0.496 e. The Bertz CT molecular complexity index is 364. The fourth-order valence-electron chi connectivity index (χ4n) is 1.67. The molecule has 2 rings (SSSR count). The molecule has 15 heavy (non-hydrogen) atoms. The van der Waals surface area contributed by atoms with E-state index in [0.29, 0.717) is 6.54 Å². The first-order valence-corrected chi connectivity index (χ1v) is 5.76. The molecule has 0 aliphatic carbocycles. The van der Waals surface area contributed by atoms with Gasteiger partial charge in [0, 0.05) is 30.6 Å². The molecular weight excluding hydrogens is 212 g/mol. The van der Waals surface area contributed by atoms with Crippen molar-refractivity contribution in [2.75, 3.05) is 20.2 Å². The number of hydrogen-bond acceptors (Lipinski definition) is 4. The SMILES string of the molecule is COc1csc(C(=O)N2CC[C@H](N)C2)c1. The molecule has 1 aliphatic heterocycles. The lowest BCUT2D eigenvalue weighted by atomic mass is 10.3. The molecule has 1 aromatic heterocycles. The number of rotatable bonds is 2. The van der Waals surface area contributed by atoms with Crippen LogP contribution in [0.15, 0.2) is 11.4 Å². The Kier molecular flexibility index (Phi) is 2.93. The highest BCUT2D eigenvalue weighted by atomic mass is 32.1. The fourth-order valence-corrected chi connectivity index (χ4v) is 2.49. The van der Waals surface area contributed by atoms with Crippen LogP contribution in [0.3, 0.4) is 0 Å². The summed E-state index contributed by atoms with van der Waals surface area (Å²) in [7, 11) is 1.60. The number of likely N-dealkylation sites (tertiary alicyclic amines) is 1. The van der Waals surface area contributed by atoms with Crippen LogP contribution in [0.2, 0.25) is 0 Å². The van der Waals surface area contributed by atoms with E-state index in [2.05, 4.69) is 0 Å². The molecule has 1 atom stereocenters. The zero-order valence-electron chi connectivity index (χ0n) is 8.60. The van der Waals surface area contributed by atoms with Crippen molar-refractivity contribution in [3.05, 3.63) is 16.3 Å². The molecule has 1 aliphatic rings. The Morgan fingerprint density at radius 3 is 3.07 bits per heavy atom. The third-order valence-electron chi connectivity index (χ3n) is 2.53. The van der Waals surface area contributed by atoms with E-state index in [-0.39, 0.29) is 11.9 Å². The van der Waals surface area contributed by atoms with Gasteiger partial charge in [0.25, 0.3) is 5.91 Å². The Balaban J connectivity index is 2.07. The zero-order chi connectivity index (χ0) is 10.8. The van der Waals surface area contributed by atoms with Crippen LogP contribution < -0.4 is 10.5 Å². The van der Waals surface area contributed by atoms with Crippen LogP contribution in [-0.4, -0.2) is 37.0 Å². The van der Waals surface area contributed by atoms with Crippen molar-refractivity contribution in [2.45, 2.75) is 12.5 Å². The number of amides is 1. The summed E-state index contributed by atoms with van der Waals surface area (Å²) >= 11 is 1.41. The van der Waals surface area contributed by atoms with Gasteiger partial charge in [-0.3, -0.25) is 4.79 Å². The lowest BCUT2D eigenvalue weighted by Gasteiger charge is -2.13. The summed E-state index contributed by atoms with van der Waals surface area (Å²) in [6.45, 7) is 1.43. The van der Waals surface area contributed by atoms with E-state index in [1.54, 1.807) is 18.1 Å². The van der Waals surface area contributed by atoms with Gasteiger partial charge < -0.3 is 15.4 Å². The van der Waals surface area contributed by atoms with E-state index >= 15 is 0 Å². The number of nitrogens with two attached hydrogens (primary N) is 1. The first kappa shape index (κ1) is 10.4. The van der Waals surface area contributed by atoms with Gasteiger partial charge >= 0.3 is 0 Å². The second-order valence-corrected chi connectivity index (χ2v) is 4.56.